The Hall–Kier alpha value is -0.630. The maximum Gasteiger partial charge on any atom is 0.155 e. The zero-order valence-corrected chi connectivity index (χ0v) is 14.3. The summed E-state index contributed by atoms with van der Waals surface area (Å²) < 4.78 is 0. The van der Waals surface area contributed by atoms with Crippen LogP contribution >= 0.6 is 0 Å². The van der Waals surface area contributed by atoms with E-state index in [1.165, 1.54) is 37.7 Å². The van der Waals surface area contributed by atoms with Crippen molar-refractivity contribution in [2.45, 2.75) is 71.8 Å². The van der Waals surface area contributed by atoms with Gasteiger partial charge in [0.1, 0.15) is 0 Å². The topological polar surface area (TPSA) is 37.3 Å². The third-order valence-electron chi connectivity index (χ3n) is 8.53. The maximum absolute atomic E-state index is 12.0. The van der Waals surface area contributed by atoms with Crippen LogP contribution in [0, 0.1) is 34.5 Å². The molecule has 0 aromatic rings. The van der Waals surface area contributed by atoms with Crippen LogP contribution in [0.3, 0.4) is 0 Å². The largest absolute Gasteiger partial charge is 0.393 e. The smallest absolute Gasteiger partial charge is 0.155 e. The van der Waals surface area contributed by atoms with Gasteiger partial charge in [0.15, 0.2) is 5.78 Å². The van der Waals surface area contributed by atoms with Gasteiger partial charge < -0.3 is 5.11 Å². The molecule has 22 heavy (non-hydrogen) atoms. The Morgan fingerprint density at radius 1 is 1.09 bits per heavy atom. The number of aliphatic hydroxyl groups is 1. The Bertz CT molecular complexity index is 536. The van der Waals surface area contributed by atoms with Crippen molar-refractivity contribution in [3.63, 3.8) is 0 Å². The molecule has 2 heteroatoms. The highest BCUT2D eigenvalue weighted by molar-refractivity contribution is 5.91. The van der Waals surface area contributed by atoms with Crippen LogP contribution in [0.2, 0.25) is 0 Å². The molecule has 0 aromatic heterocycles. The molecule has 3 fully saturated rings. The van der Waals surface area contributed by atoms with Gasteiger partial charge in [-0.05, 0) is 86.0 Å². The van der Waals surface area contributed by atoms with Gasteiger partial charge in [-0.2, -0.15) is 0 Å². The van der Waals surface area contributed by atoms with Gasteiger partial charge in [0.2, 0.25) is 0 Å². The lowest BCUT2D eigenvalue weighted by Gasteiger charge is -2.60. The average Bonchev–Trinajstić information content (AvgIpc) is 2.77. The predicted octanol–water partition coefficient (Wildman–Crippen LogP) is 4.13. The van der Waals surface area contributed by atoms with Gasteiger partial charge in [0.05, 0.1) is 6.10 Å². The van der Waals surface area contributed by atoms with E-state index in [9.17, 15) is 9.90 Å². The Kier molecular flexibility index (Phi) is 3.18. The van der Waals surface area contributed by atoms with Gasteiger partial charge >= 0.3 is 0 Å². The molecule has 0 aromatic carbocycles. The number of ketones is 1. The second kappa shape index (κ2) is 4.69. The van der Waals surface area contributed by atoms with E-state index in [1.54, 1.807) is 0 Å². The first kappa shape index (κ1) is 14.9. The SMILES string of the molecule is CC1=CC(=O)C[C@H]2CC[C@@H]3[C@H]4CC[C@@H](O)[C@]4(C)CC[C@H]3[C@]12C. The molecule has 7 atom stereocenters. The predicted molar refractivity (Wildman–Crippen MR) is 87.3 cm³/mol. The Morgan fingerprint density at radius 3 is 2.64 bits per heavy atom. The number of rotatable bonds is 0. The zero-order valence-electron chi connectivity index (χ0n) is 14.3. The van der Waals surface area contributed by atoms with Crippen LogP contribution in [0.5, 0.6) is 0 Å². The van der Waals surface area contributed by atoms with E-state index in [1.807, 2.05) is 6.08 Å². The minimum Gasteiger partial charge on any atom is -0.393 e. The summed E-state index contributed by atoms with van der Waals surface area (Å²) >= 11 is 0. The third-order valence-corrected chi connectivity index (χ3v) is 8.53. The summed E-state index contributed by atoms with van der Waals surface area (Å²) in [6.07, 6.45) is 9.71. The van der Waals surface area contributed by atoms with E-state index in [0.29, 0.717) is 17.6 Å². The first-order chi connectivity index (χ1) is 10.4. The highest BCUT2D eigenvalue weighted by Crippen LogP contribution is 2.66. The van der Waals surface area contributed by atoms with Crippen molar-refractivity contribution in [2.24, 2.45) is 34.5 Å². The van der Waals surface area contributed by atoms with Crippen LogP contribution in [-0.4, -0.2) is 17.0 Å². The van der Waals surface area contributed by atoms with E-state index in [2.05, 4.69) is 20.8 Å². The van der Waals surface area contributed by atoms with Crippen molar-refractivity contribution >= 4 is 5.78 Å². The lowest BCUT2D eigenvalue weighted by molar-refractivity contribution is -0.125. The molecule has 4 aliphatic carbocycles. The van der Waals surface area contributed by atoms with Crippen LogP contribution in [0.4, 0.5) is 0 Å². The summed E-state index contributed by atoms with van der Waals surface area (Å²) in [5, 5.41) is 10.5. The van der Waals surface area contributed by atoms with Crippen molar-refractivity contribution in [3.05, 3.63) is 11.6 Å². The summed E-state index contributed by atoms with van der Waals surface area (Å²) in [7, 11) is 0. The summed E-state index contributed by atoms with van der Waals surface area (Å²) in [4.78, 5) is 12.0. The number of carbonyl (C=O) groups is 1. The fraction of sp³-hybridized carbons (Fsp3) is 0.850. The van der Waals surface area contributed by atoms with E-state index in [4.69, 9.17) is 0 Å². The number of fused-ring (bicyclic) bond motifs is 5. The highest BCUT2D eigenvalue weighted by Gasteiger charge is 2.60. The molecular weight excluding hydrogens is 272 g/mol. The lowest BCUT2D eigenvalue weighted by atomic mass is 9.45. The van der Waals surface area contributed by atoms with Crippen LogP contribution in [0.25, 0.3) is 0 Å². The first-order valence-corrected chi connectivity index (χ1v) is 9.27. The van der Waals surface area contributed by atoms with E-state index < -0.39 is 0 Å². The Morgan fingerprint density at radius 2 is 1.86 bits per heavy atom. The summed E-state index contributed by atoms with van der Waals surface area (Å²) in [5.41, 5.74) is 1.73. The second-order valence-electron chi connectivity index (χ2n) is 9.07. The monoisotopic (exact) mass is 302 g/mol. The highest BCUT2D eigenvalue weighted by atomic mass is 16.3. The molecule has 0 radical (unpaired) electrons. The van der Waals surface area contributed by atoms with Crippen molar-refractivity contribution in [3.8, 4) is 0 Å². The number of hydrogen-bond acceptors (Lipinski definition) is 2. The third kappa shape index (κ3) is 1.74. The van der Waals surface area contributed by atoms with E-state index >= 15 is 0 Å². The molecule has 0 aliphatic heterocycles. The summed E-state index contributed by atoms with van der Waals surface area (Å²) in [6, 6.07) is 0. The zero-order chi connectivity index (χ0) is 15.7. The molecule has 122 valence electrons. The molecular formula is C20H30O2. The second-order valence-corrected chi connectivity index (χ2v) is 9.07. The van der Waals surface area contributed by atoms with E-state index in [-0.39, 0.29) is 16.9 Å². The molecule has 0 heterocycles. The summed E-state index contributed by atoms with van der Waals surface area (Å²) in [6.45, 7) is 6.98. The quantitative estimate of drug-likeness (QED) is 0.730. The van der Waals surface area contributed by atoms with Crippen LogP contribution in [0.1, 0.15) is 65.7 Å². The van der Waals surface area contributed by atoms with Gasteiger partial charge in [0.25, 0.3) is 0 Å². The fourth-order valence-electron chi connectivity index (χ4n) is 7.03. The average molecular weight is 302 g/mol. The van der Waals surface area contributed by atoms with Crippen molar-refractivity contribution < 1.29 is 9.90 Å². The molecule has 0 saturated heterocycles. The standard InChI is InChI=1S/C20H30O2/c1-12-10-14(21)11-13-4-5-15-16-6-7-18(22)19(16,2)9-8-17(15)20(12,13)3/h10,13,15-18,22H,4-9,11H2,1-3H3/t13-,15-,16-,17-,18-,19-,20-/m1/s1. The van der Waals surface area contributed by atoms with Crippen molar-refractivity contribution in [1.82, 2.24) is 0 Å². The number of hydrogen-bond donors (Lipinski definition) is 1. The van der Waals surface area contributed by atoms with Crippen LogP contribution in [-0.2, 0) is 4.79 Å². The fourth-order valence-corrected chi connectivity index (χ4v) is 7.03. The van der Waals surface area contributed by atoms with Gasteiger partial charge in [-0.1, -0.05) is 19.4 Å². The molecule has 0 unspecified atom stereocenters. The number of carbonyl (C=O) groups excluding carboxylic acids is 1. The Labute approximate surface area is 134 Å². The number of aliphatic hydroxyl groups excluding tert-OH is 1. The van der Waals surface area contributed by atoms with Crippen LogP contribution < -0.4 is 0 Å². The van der Waals surface area contributed by atoms with Crippen molar-refractivity contribution in [1.29, 1.82) is 0 Å². The molecule has 4 rings (SSSR count). The molecule has 0 spiro atoms. The molecule has 0 bridgehead atoms. The molecule has 3 saturated carbocycles. The van der Waals surface area contributed by atoms with Gasteiger partial charge in [0, 0.05) is 6.42 Å². The van der Waals surface area contributed by atoms with Gasteiger partial charge in [-0.15, -0.1) is 0 Å². The normalized spacial score (nSPS) is 54.3. The van der Waals surface area contributed by atoms with Gasteiger partial charge in [-0.25, -0.2) is 0 Å². The Balaban J connectivity index is 1.72. The van der Waals surface area contributed by atoms with Crippen LogP contribution in [0.15, 0.2) is 11.6 Å². The molecule has 0 amide bonds. The first-order valence-electron chi connectivity index (χ1n) is 9.27. The summed E-state index contributed by atoms with van der Waals surface area (Å²) in [5.74, 6) is 3.08. The minimum atomic E-state index is -0.0893. The van der Waals surface area contributed by atoms with Gasteiger partial charge in [-0.3, -0.25) is 4.79 Å². The van der Waals surface area contributed by atoms with Crippen molar-refractivity contribution in [2.75, 3.05) is 0 Å². The molecule has 2 nitrogen and oxygen atoms in total. The van der Waals surface area contributed by atoms with E-state index in [0.717, 1.165) is 24.7 Å². The number of allylic oxidation sites excluding steroid dienone is 2. The lowest BCUT2D eigenvalue weighted by Crippen LogP contribution is -2.54. The molecule has 4 aliphatic rings. The minimum absolute atomic E-state index is 0.0893. The maximum atomic E-state index is 12.0. The molecule has 1 N–H and O–H groups in total.